The lowest BCUT2D eigenvalue weighted by molar-refractivity contribution is 0.104. The van der Waals surface area contributed by atoms with Crippen LogP contribution >= 0.6 is 0 Å². The molecule has 204 valence electrons. The number of nitrogen functional groups attached to an aromatic ring is 2. The van der Waals surface area contributed by atoms with E-state index < -0.39 is 0 Å². The summed E-state index contributed by atoms with van der Waals surface area (Å²) in [5, 5.41) is 0. The number of benzene rings is 5. The van der Waals surface area contributed by atoms with Crippen LogP contribution in [0.15, 0.2) is 127 Å². The highest BCUT2D eigenvalue weighted by Crippen LogP contribution is 2.29. The van der Waals surface area contributed by atoms with Crippen molar-refractivity contribution in [3.8, 4) is 34.1 Å². The second kappa shape index (κ2) is 13.0. The highest BCUT2D eigenvalue weighted by molar-refractivity contribution is 6.06. The summed E-state index contributed by atoms with van der Waals surface area (Å²) in [6.45, 7) is 0.816. The monoisotopic (exact) mass is 542 g/mol. The maximum absolute atomic E-state index is 12.2. The number of hydrogen-bond acceptors (Lipinski definition) is 6. The molecule has 0 saturated carbocycles. The van der Waals surface area contributed by atoms with Gasteiger partial charge in [-0.15, -0.1) is 0 Å². The van der Waals surface area contributed by atoms with Crippen LogP contribution in [0.5, 0.6) is 23.0 Å². The van der Waals surface area contributed by atoms with Gasteiger partial charge in [-0.1, -0.05) is 72.8 Å². The zero-order valence-electron chi connectivity index (χ0n) is 22.4. The number of ketones is 1. The average molecular weight is 543 g/mol. The average Bonchev–Trinajstić information content (AvgIpc) is 2.99. The number of nitrogens with two attached hydrogens (primary N) is 2. The number of rotatable bonds is 11. The van der Waals surface area contributed by atoms with Crippen molar-refractivity contribution < 1.29 is 19.0 Å². The molecule has 0 saturated heterocycles. The second-order valence-electron chi connectivity index (χ2n) is 9.32. The molecule has 5 aromatic rings. The molecular formula is C35H30N2O4. The number of anilines is 2. The number of allylic oxidation sites excluding steroid dienone is 1. The van der Waals surface area contributed by atoms with E-state index in [1.165, 1.54) is 0 Å². The topological polar surface area (TPSA) is 96.8 Å². The van der Waals surface area contributed by atoms with E-state index in [1.54, 1.807) is 42.5 Å². The summed E-state index contributed by atoms with van der Waals surface area (Å²) < 4.78 is 17.5. The molecule has 0 bridgehead atoms. The SMILES string of the molecule is Nc1cc(N)cc(Oc2ccc(-c3ccc(OCCOc4ccc(C=CC(=O)c5ccccc5)cc4)cc3)cc2)c1. The normalized spacial score (nSPS) is 10.8. The highest BCUT2D eigenvalue weighted by Gasteiger charge is 2.04. The Kier molecular flexibility index (Phi) is 8.62. The quantitative estimate of drug-likeness (QED) is 0.0770. The molecule has 0 amide bonds. The summed E-state index contributed by atoms with van der Waals surface area (Å²) >= 11 is 0. The molecule has 0 heterocycles. The molecule has 0 radical (unpaired) electrons. The van der Waals surface area contributed by atoms with Crippen LogP contribution in [0.2, 0.25) is 0 Å². The summed E-state index contributed by atoms with van der Waals surface area (Å²) in [5.41, 5.74) is 16.5. The standard InChI is InChI=1S/C35H30N2O4/c36-29-22-30(37)24-34(23-29)41-33-17-11-27(12-18-33)26-9-15-32(16-10-26)40-21-20-39-31-13-6-25(7-14-31)8-19-35(38)28-4-2-1-3-5-28/h1-19,22-24H,20-21,36-37H2. The Morgan fingerprint density at radius 2 is 1.10 bits per heavy atom. The zero-order valence-corrected chi connectivity index (χ0v) is 22.4. The fraction of sp³-hybridized carbons (Fsp3) is 0.0571. The van der Waals surface area contributed by atoms with Crippen LogP contribution in [0.4, 0.5) is 11.4 Å². The van der Waals surface area contributed by atoms with Gasteiger partial charge < -0.3 is 25.7 Å². The zero-order chi connectivity index (χ0) is 28.4. The maximum atomic E-state index is 12.2. The molecule has 0 aliphatic heterocycles. The minimum absolute atomic E-state index is 0.0277. The van der Waals surface area contributed by atoms with Crippen molar-refractivity contribution in [1.82, 2.24) is 0 Å². The van der Waals surface area contributed by atoms with Gasteiger partial charge in [-0.3, -0.25) is 4.79 Å². The summed E-state index contributed by atoms with van der Waals surface area (Å²) in [6.07, 6.45) is 3.37. The predicted molar refractivity (Wildman–Crippen MR) is 164 cm³/mol. The Hall–Kier alpha value is -5.49. The van der Waals surface area contributed by atoms with Crippen molar-refractivity contribution in [1.29, 1.82) is 0 Å². The van der Waals surface area contributed by atoms with Crippen molar-refractivity contribution in [2.75, 3.05) is 24.7 Å². The minimum atomic E-state index is -0.0277. The van der Waals surface area contributed by atoms with Gasteiger partial charge in [0.1, 0.15) is 36.2 Å². The fourth-order valence-corrected chi connectivity index (χ4v) is 4.16. The molecule has 6 nitrogen and oxygen atoms in total. The van der Waals surface area contributed by atoms with Crippen LogP contribution in [-0.2, 0) is 0 Å². The van der Waals surface area contributed by atoms with Gasteiger partial charge in [0, 0.05) is 29.1 Å². The molecule has 6 heteroatoms. The van der Waals surface area contributed by atoms with Gasteiger partial charge in [-0.25, -0.2) is 0 Å². The van der Waals surface area contributed by atoms with E-state index >= 15 is 0 Å². The third-order valence-corrected chi connectivity index (χ3v) is 6.22. The van der Waals surface area contributed by atoms with Gasteiger partial charge in [0.15, 0.2) is 5.78 Å². The molecule has 0 aromatic heterocycles. The van der Waals surface area contributed by atoms with Gasteiger partial charge in [0.05, 0.1) is 0 Å². The fourth-order valence-electron chi connectivity index (χ4n) is 4.16. The minimum Gasteiger partial charge on any atom is -0.490 e. The van der Waals surface area contributed by atoms with Crippen molar-refractivity contribution in [2.24, 2.45) is 0 Å². The molecule has 0 fully saturated rings. The summed E-state index contributed by atoms with van der Waals surface area (Å²) in [5.74, 6) is 2.77. The number of hydrogen-bond donors (Lipinski definition) is 2. The highest BCUT2D eigenvalue weighted by atomic mass is 16.5. The Morgan fingerprint density at radius 3 is 1.66 bits per heavy atom. The molecule has 0 spiro atoms. The third kappa shape index (κ3) is 7.77. The first-order valence-electron chi connectivity index (χ1n) is 13.2. The summed E-state index contributed by atoms with van der Waals surface area (Å²) in [4.78, 5) is 12.2. The molecular weight excluding hydrogens is 512 g/mol. The van der Waals surface area contributed by atoms with E-state index in [2.05, 4.69) is 0 Å². The number of carbonyl (C=O) groups excluding carboxylic acids is 1. The molecule has 5 aromatic carbocycles. The Bertz CT molecular complexity index is 1590. The molecule has 0 atom stereocenters. The van der Waals surface area contributed by atoms with E-state index in [4.69, 9.17) is 25.7 Å². The van der Waals surface area contributed by atoms with E-state index in [-0.39, 0.29) is 5.78 Å². The lowest BCUT2D eigenvalue weighted by Crippen LogP contribution is -2.08. The van der Waals surface area contributed by atoms with E-state index in [0.717, 1.165) is 28.2 Å². The van der Waals surface area contributed by atoms with Crippen molar-refractivity contribution in [3.63, 3.8) is 0 Å². The first-order valence-corrected chi connectivity index (χ1v) is 13.2. The smallest absolute Gasteiger partial charge is 0.185 e. The summed E-state index contributed by atoms with van der Waals surface area (Å²) in [6, 6.07) is 37.6. The molecule has 0 unspecified atom stereocenters. The van der Waals surface area contributed by atoms with Crippen LogP contribution in [0.1, 0.15) is 15.9 Å². The van der Waals surface area contributed by atoms with Gasteiger partial charge in [0.2, 0.25) is 0 Å². The Morgan fingerprint density at radius 1 is 0.585 bits per heavy atom. The lowest BCUT2D eigenvalue weighted by Gasteiger charge is -2.10. The number of carbonyl (C=O) groups is 1. The lowest BCUT2D eigenvalue weighted by atomic mass is 10.1. The molecule has 0 aliphatic carbocycles. The predicted octanol–water partition coefficient (Wildman–Crippen LogP) is 7.66. The van der Waals surface area contributed by atoms with Crippen LogP contribution < -0.4 is 25.7 Å². The first kappa shape index (κ1) is 27.1. The van der Waals surface area contributed by atoms with E-state index in [0.29, 0.717) is 41.7 Å². The van der Waals surface area contributed by atoms with Crippen molar-refractivity contribution >= 4 is 23.2 Å². The van der Waals surface area contributed by atoms with E-state index in [1.807, 2.05) is 91.0 Å². The summed E-state index contributed by atoms with van der Waals surface area (Å²) in [7, 11) is 0. The van der Waals surface area contributed by atoms with Gasteiger partial charge >= 0.3 is 0 Å². The van der Waals surface area contributed by atoms with Crippen LogP contribution in [0, 0.1) is 0 Å². The third-order valence-electron chi connectivity index (χ3n) is 6.22. The van der Waals surface area contributed by atoms with E-state index in [9.17, 15) is 4.79 Å². The van der Waals surface area contributed by atoms with Crippen molar-refractivity contribution in [3.05, 3.63) is 139 Å². The van der Waals surface area contributed by atoms with Gasteiger partial charge in [-0.05, 0) is 65.2 Å². The van der Waals surface area contributed by atoms with Gasteiger partial charge in [-0.2, -0.15) is 0 Å². The second-order valence-corrected chi connectivity index (χ2v) is 9.32. The Labute approximate surface area is 239 Å². The van der Waals surface area contributed by atoms with Crippen LogP contribution in [0.3, 0.4) is 0 Å². The Balaban J connectivity index is 1.06. The largest absolute Gasteiger partial charge is 0.490 e. The van der Waals surface area contributed by atoms with Crippen LogP contribution in [0.25, 0.3) is 17.2 Å². The number of ether oxygens (including phenoxy) is 3. The van der Waals surface area contributed by atoms with Gasteiger partial charge in [0.25, 0.3) is 0 Å². The molecule has 41 heavy (non-hydrogen) atoms. The first-order chi connectivity index (χ1) is 20.0. The van der Waals surface area contributed by atoms with Crippen molar-refractivity contribution in [2.45, 2.75) is 0 Å². The molecule has 4 N–H and O–H groups in total. The maximum Gasteiger partial charge on any atom is 0.185 e. The van der Waals surface area contributed by atoms with Crippen LogP contribution in [-0.4, -0.2) is 19.0 Å². The molecule has 5 rings (SSSR count). The molecule has 0 aliphatic rings.